The minimum Gasteiger partial charge on any atom is -0.370 e. The molecule has 0 aromatic carbocycles. The van der Waals surface area contributed by atoms with E-state index in [1.807, 2.05) is 0 Å². The second-order valence-corrected chi connectivity index (χ2v) is 10.2. The van der Waals surface area contributed by atoms with E-state index in [1.54, 1.807) is 13.1 Å². The molecule has 0 saturated heterocycles. The minimum absolute atomic E-state index is 0.00969. The normalized spacial score (nSPS) is 14.9. The van der Waals surface area contributed by atoms with Crippen LogP contribution >= 0.6 is 0 Å². The number of nitrogens with one attached hydrogen (secondary N) is 1. The zero-order chi connectivity index (χ0) is 23.5. The lowest BCUT2D eigenvalue weighted by Gasteiger charge is -2.07. The topological polar surface area (TPSA) is 107 Å². The van der Waals surface area contributed by atoms with E-state index in [2.05, 4.69) is 25.4 Å². The number of sulfone groups is 1. The van der Waals surface area contributed by atoms with Crippen molar-refractivity contribution < 1.29 is 21.6 Å². The Morgan fingerprint density at radius 1 is 1.21 bits per heavy atom. The Balaban J connectivity index is 1.76. The van der Waals surface area contributed by atoms with Gasteiger partial charge in [0.05, 0.1) is 11.3 Å². The molecule has 1 fully saturated rings. The highest BCUT2D eigenvalue weighted by molar-refractivity contribution is 7.91. The van der Waals surface area contributed by atoms with Gasteiger partial charge in [0.2, 0.25) is 0 Å². The molecule has 1 aliphatic rings. The zero-order valence-electron chi connectivity index (χ0n) is 17.8. The van der Waals surface area contributed by atoms with Crippen LogP contribution < -0.4 is 5.32 Å². The van der Waals surface area contributed by atoms with Gasteiger partial charge in [0, 0.05) is 26.0 Å². The predicted octanol–water partition coefficient (Wildman–Crippen LogP) is 3.31. The standard InChI is InChI=1S/C20H20F3N7O2S/c1-3-33(31,32)19-15(17-24-7-6-14(30(17)28-19)25-9-11-4-5-11)18-27-13-8-12(20(21,22)23)10-26-16(13)29(18)2/h6-8,10-11,25H,3-5,9H2,1-2H3. The summed E-state index contributed by atoms with van der Waals surface area (Å²) in [6, 6.07) is 2.59. The van der Waals surface area contributed by atoms with Crippen molar-refractivity contribution in [2.24, 2.45) is 13.0 Å². The summed E-state index contributed by atoms with van der Waals surface area (Å²) in [5, 5.41) is 7.40. The molecule has 33 heavy (non-hydrogen) atoms. The summed E-state index contributed by atoms with van der Waals surface area (Å²) in [5.74, 6) is 1.04. The van der Waals surface area contributed by atoms with Crippen molar-refractivity contribution >= 4 is 32.5 Å². The number of anilines is 1. The van der Waals surface area contributed by atoms with Gasteiger partial charge in [-0.15, -0.1) is 0 Å². The molecule has 0 radical (unpaired) electrons. The number of pyridine rings is 1. The fourth-order valence-corrected chi connectivity index (χ4v) is 4.61. The van der Waals surface area contributed by atoms with Gasteiger partial charge in [-0.25, -0.2) is 23.4 Å². The van der Waals surface area contributed by atoms with E-state index >= 15 is 0 Å². The SMILES string of the molecule is CCS(=O)(=O)c1nn2c(NCC3CC3)ccnc2c1-c1nc2cc(C(F)(F)F)cnc2n1C. The van der Waals surface area contributed by atoms with E-state index < -0.39 is 21.6 Å². The summed E-state index contributed by atoms with van der Waals surface area (Å²) in [4.78, 5) is 12.6. The molecule has 0 amide bonds. The summed E-state index contributed by atoms with van der Waals surface area (Å²) in [6.07, 6.45) is -0.0577. The van der Waals surface area contributed by atoms with E-state index in [0.717, 1.165) is 31.6 Å². The van der Waals surface area contributed by atoms with Crippen LogP contribution in [0.5, 0.6) is 0 Å². The zero-order valence-corrected chi connectivity index (χ0v) is 18.6. The van der Waals surface area contributed by atoms with E-state index in [0.29, 0.717) is 11.7 Å². The Hall–Kier alpha value is -3.22. The second-order valence-electron chi connectivity index (χ2n) is 8.03. The van der Waals surface area contributed by atoms with Gasteiger partial charge in [0.15, 0.2) is 26.2 Å². The molecular formula is C20H20F3N7O2S. The van der Waals surface area contributed by atoms with Crippen molar-refractivity contribution in [1.82, 2.24) is 29.1 Å². The van der Waals surface area contributed by atoms with Gasteiger partial charge in [-0.1, -0.05) is 6.92 Å². The highest BCUT2D eigenvalue weighted by atomic mass is 32.2. The number of aromatic nitrogens is 6. The molecule has 4 aromatic rings. The monoisotopic (exact) mass is 479 g/mol. The average molecular weight is 479 g/mol. The fraction of sp³-hybridized carbons (Fsp3) is 0.400. The van der Waals surface area contributed by atoms with E-state index in [4.69, 9.17) is 0 Å². The van der Waals surface area contributed by atoms with Gasteiger partial charge >= 0.3 is 6.18 Å². The molecule has 4 heterocycles. The van der Waals surface area contributed by atoms with Gasteiger partial charge < -0.3 is 9.88 Å². The summed E-state index contributed by atoms with van der Waals surface area (Å²) in [5.41, 5.74) is -0.409. The number of alkyl halides is 3. The number of rotatable bonds is 6. The molecule has 0 aliphatic heterocycles. The highest BCUT2D eigenvalue weighted by Gasteiger charge is 2.33. The van der Waals surface area contributed by atoms with Crippen molar-refractivity contribution in [2.75, 3.05) is 17.6 Å². The Labute approximate surface area is 186 Å². The van der Waals surface area contributed by atoms with E-state index in [1.165, 1.54) is 22.2 Å². The Morgan fingerprint density at radius 2 is 1.97 bits per heavy atom. The number of halogens is 3. The molecule has 1 aliphatic carbocycles. The van der Waals surface area contributed by atoms with E-state index in [9.17, 15) is 21.6 Å². The average Bonchev–Trinajstić information content (AvgIpc) is 3.43. The Bertz CT molecular complexity index is 1490. The maximum absolute atomic E-state index is 13.2. The molecule has 5 rings (SSSR count). The highest BCUT2D eigenvalue weighted by Crippen LogP contribution is 2.35. The third-order valence-electron chi connectivity index (χ3n) is 5.69. The molecule has 4 aromatic heterocycles. The summed E-state index contributed by atoms with van der Waals surface area (Å²) in [7, 11) is -2.25. The second kappa shape index (κ2) is 7.40. The van der Waals surface area contributed by atoms with Crippen LogP contribution in [0.4, 0.5) is 19.0 Å². The van der Waals surface area contributed by atoms with Crippen LogP contribution in [0, 0.1) is 5.92 Å². The number of nitrogens with zero attached hydrogens (tertiary/aromatic N) is 6. The molecule has 0 atom stereocenters. The predicted molar refractivity (Wildman–Crippen MR) is 114 cm³/mol. The lowest BCUT2D eigenvalue weighted by Crippen LogP contribution is -2.09. The van der Waals surface area contributed by atoms with Crippen LogP contribution in [0.15, 0.2) is 29.6 Å². The van der Waals surface area contributed by atoms with Crippen molar-refractivity contribution in [2.45, 2.75) is 31.0 Å². The largest absolute Gasteiger partial charge is 0.417 e. The number of hydrogen-bond acceptors (Lipinski definition) is 7. The van der Waals surface area contributed by atoms with Gasteiger partial charge in [0.1, 0.15) is 22.7 Å². The molecule has 9 nitrogen and oxygen atoms in total. The van der Waals surface area contributed by atoms with Crippen LogP contribution in [0.1, 0.15) is 25.3 Å². The molecule has 0 spiro atoms. The Kier molecular flexibility index (Phi) is 4.85. The van der Waals surface area contributed by atoms with Crippen LogP contribution in [-0.2, 0) is 23.1 Å². The van der Waals surface area contributed by atoms with Gasteiger partial charge in [-0.05, 0) is 30.9 Å². The van der Waals surface area contributed by atoms with E-state index in [-0.39, 0.29) is 39.0 Å². The number of aryl methyl sites for hydroxylation is 1. The lowest BCUT2D eigenvalue weighted by atomic mass is 10.2. The number of imidazole rings is 1. The van der Waals surface area contributed by atoms with Crippen molar-refractivity contribution in [3.05, 3.63) is 30.1 Å². The maximum Gasteiger partial charge on any atom is 0.417 e. The van der Waals surface area contributed by atoms with Crippen LogP contribution in [-0.4, -0.2) is 49.8 Å². The van der Waals surface area contributed by atoms with Crippen molar-refractivity contribution in [1.29, 1.82) is 0 Å². The molecular weight excluding hydrogens is 459 g/mol. The first-order valence-electron chi connectivity index (χ1n) is 10.3. The fourth-order valence-electron chi connectivity index (χ4n) is 3.64. The first kappa shape index (κ1) is 21.6. The number of hydrogen-bond donors (Lipinski definition) is 1. The van der Waals surface area contributed by atoms with Gasteiger partial charge in [-0.2, -0.15) is 22.8 Å². The van der Waals surface area contributed by atoms with Gasteiger partial charge in [0.25, 0.3) is 0 Å². The summed E-state index contributed by atoms with van der Waals surface area (Å²) in [6.45, 7) is 2.22. The summed E-state index contributed by atoms with van der Waals surface area (Å²) >= 11 is 0. The third kappa shape index (κ3) is 3.69. The summed E-state index contributed by atoms with van der Waals surface area (Å²) < 4.78 is 68.2. The smallest absolute Gasteiger partial charge is 0.370 e. The van der Waals surface area contributed by atoms with Gasteiger partial charge in [-0.3, -0.25) is 0 Å². The molecule has 0 bridgehead atoms. The van der Waals surface area contributed by atoms with Crippen LogP contribution in [0.3, 0.4) is 0 Å². The quantitative estimate of drug-likeness (QED) is 0.452. The van der Waals surface area contributed by atoms with Crippen molar-refractivity contribution in [3.8, 4) is 11.4 Å². The first-order chi connectivity index (χ1) is 15.6. The lowest BCUT2D eigenvalue weighted by molar-refractivity contribution is -0.137. The molecule has 13 heteroatoms. The minimum atomic E-state index is -4.58. The van der Waals surface area contributed by atoms with Crippen molar-refractivity contribution in [3.63, 3.8) is 0 Å². The van der Waals surface area contributed by atoms with Crippen LogP contribution in [0.25, 0.3) is 28.2 Å². The molecule has 0 unspecified atom stereocenters. The molecule has 1 saturated carbocycles. The molecule has 174 valence electrons. The first-order valence-corrected chi connectivity index (χ1v) is 12.0. The Morgan fingerprint density at radius 3 is 2.64 bits per heavy atom. The maximum atomic E-state index is 13.2. The van der Waals surface area contributed by atoms with Crippen LogP contribution in [0.2, 0.25) is 0 Å². The third-order valence-corrected chi connectivity index (χ3v) is 7.32. The molecule has 1 N–H and O–H groups in total. The number of fused-ring (bicyclic) bond motifs is 2.